The van der Waals surface area contributed by atoms with Gasteiger partial charge in [0.15, 0.2) is 5.82 Å². The minimum absolute atomic E-state index is 0.0171. The first-order valence-corrected chi connectivity index (χ1v) is 6.82. The molecule has 0 radical (unpaired) electrons. The Morgan fingerprint density at radius 3 is 2.23 bits per heavy atom. The molecule has 2 heterocycles. The Balaban J connectivity index is 2.19. The summed E-state index contributed by atoms with van der Waals surface area (Å²) in [7, 11) is 0. The van der Waals surface area contributed by atoms with Gasteiger partial charge in [0.1, 0.15) is 0 Å². The molecule has 3 rings (SSSR count). The molecule has 0 bridgehead atoms. The maximum atomic E-state index is 12.9. The van der Waals surface area contributed by atoms with Gasteiger partial charge in [-0.2, -0.15) is 17.9 Å². The first-order chi connectivity index (χ1) is 10.4. The lowest BCUT2D eigenvalue weighted by atomic mass is 10.2. The van der Waals surface area contributed by atoms with Gasteiger partial charge in [-0.25, -0.2) is 15.0 Å². The molecule has 112 valence electrons. The van der Waals surface area contributed by atoms with Crippen molar-refractivity contribution in [3.05, 3.63) is 53.0 Å². The largest absolute Gasteiger partial charge is 0.453 e. The van der Waals surface area contributed by atoms with Gasteiger partial charge in [-0.3, -0.25) is 0 Å². The van der Waals surface area contributed by atoms with Crippen LogP contribution in [0.5, 0.6) is 0 Å². The fraction of sp³-hybridized carbons (Fsp3) is 0.0769. The maximum absolute atomic E-state index is 12.9. The van der Waals surface area contributed by atoms with Crippen LogP contribution in [0, 0.1) is 0 Å². The Labute approximate surface area is 131 Å². The summed E-state index contributed by atoms with van der Waals surface area (Å²) in [5.41, 5.74) is 0.471. The zero-order valence-electron chi connectivity index (χ0n) is 10.8. The average molecular weight is 370 g/mol. The molecule has 2 aromatic heterocycles. The van der Waals surface area contributed by atoms with Crippen molar-refractivity contribution < 1.29 is 13.2 Å². The van der Waals surface area contributed by atoms with E-state index in [1.54, 1.807) is 30.3 Å². The van der Waals surface area contributed by atoms with Gasteiger partial charge < -0.3 is 0 Å². The summed E-state index contributed by atoms with van der Waals surface area (Å²) in [6.45, 7) is 0. The highest BCUT2D eigenvalue weighted by atomic mass is 79.9. The monoisotopic (exact) mass is 369 g/mol. The zero-order valence-corrected chi connectivity index (χ0v) is 12.4. The molecular formula is C13H7BrF3N5. The van der Waals surface area contributed by atoms with E-state index in [4.69, 9.17) is 0 Å². The van der Waals surface area contributed by atoms with Crippen molar-refractivity contribution in [1.82, 2.24) is 24.7 Å². The van der Waals surface area contributed by atoms with Crippen LogP contribution in [0.4, 0.5) is 13.2 Å². The Hall–Kier alpha value is -2.29. The predicted octanol–water partition coefficient (Wildman–Crippen LogP) is 3.51. The summed E-state index contributed by atoms with van der Waals surface area (Å²) in [5.74, 6) is -1.20. The van der Waals surface area contributed by atoms with Crippen LogP contribution in [0.3, 0.4) is 0 Å². The van der Waals surface area contributed by atoms with Crippen molar-refractivity contribution in [2.45, 2.75) is 6.18 Å². The molecule has 0 aliphatic heterocycles. The molecule has 0 saturated carbocycles. The van der Waals surface area contributed by atoms with Crippen LogP contribution < -0.4 is 0 Å². The number of rotatable bonds is 2. The van der Waals surface area contributed by atoms with E-state index < -0.39 is 12.0 Å². The molecule has 0 saturated heterocycles. The third-order valence-electron chi connectivity index (χ3n) is 2.70. The van der Waals surface area contributed by atoms with Crippen LogP contribution in [-0.4, -0.2) is 24.7 Å². The van der Waals surface area contributed by atoms with E-state index in [9.17, 15) is 13.2 Å². The van der Waals surface area contributed by atoms with Crippen LogP contribution in [0.15, 0.2) is 47.2 Å². The standard InChI is InChI=1S/C13H7BrF3N5/c14-9-4-2-8(3-5-9)10-20-11(13(15,16)17)21-22(10)12-18-6-1-7-19-12/h1-7H. The third kappa shape index (κ3) is 2.84. The molecule has 0 aliphatic carbocycles. The summed E-state index contributed by atoms with van der Waals surface area (Å²) in [6.07, 6.45) is -1.81. The second-order valence-electron chi connectivity index (χ2n) is 4.22. The first-order valence-electron chi connectivity index (χ1n) is 6.03. The predicted molar refractivity (Wildman–Crippen MR) is 75.1 cm³/mol. The van der Waals surface area contributed by atoms with Crippen LogP contribution in [0.1, 0.15) is 5.82 Å². The summed E-state index contributed by atoms with van der Waals surface area (Å²) in [6, 6.07) is 8.23. The van der Waals surface area contributed by atoms with Gasteiger partial charge in [-0.1, -0.05) is 28.1 Å². The molecule has 0 spiro atoms. The van der Waals surface area contributed by atoms with Gasteiger partial charge >= 0.3 is 6.18 Å². The number of hydrogen-bond acceptors (Lipinski definition) is 4. The van der Waals surface area contributed by atoms with Gasteiger partial charge in [-0.05, 0) is 18.2 Å². The van der Waals surface area contributed by atoms with Crippen molar-refractivity contribution in [3.63, 3.8) is 0 Å². The molecule has 1 aromatic carbocycles. The lowest BCUT2D eigenvalue weighted by molar-refractivity contribution is -0.144. The van der Waals surface area contributed by atoms with E-state index in [-0.39, 0.29) is 11.8 Å². The van der Waals surface area contributed by atoms with E-state index in [2.05, 4.69) is 36.0 Å². The van der Waals surface area contributed by atoms with E-state index in [1.165, 1.54) is 12.4 Å². The zero-order chi connectivity index (χ0) is 15.7. The van der Waals surface area contributed by atoms with Gasteiger partial charge in [0.2, 0.25) is 0 Å². The molecular weight excluding hydrogens is 363 g/mol. The van der Waals surface area contributed by atoms with Gasteiger partial charge in [0.05, 0.1) is 0 Å². The van der Waals surface area contributed by atoms with Crippen molar-refractivity contribution in [3.8, 4) is 17.3 Å². The SMILES string of the molecule is FC(F)(F)c1nc(-c2ccc(Br)cc2)n(-c2ncccn2)n1. The minimum atomic E-state index is -4.65. The topological polar surface area (TPSA) is 56.5 Å². The molecule has 0 fully saturated rings. The average Bonchev–Trinajstić information content (AvgIpc) is 2.94. The summed E-state index contributed by atoms with van der Waals surface area (Å²) >= 11 is 3.27. The highest BCUT2D eigenvalue weighted by Crippen LogP contribution is 2.30. The molecule has 0 aliphatic rings. The Kier molecular flexibility index (Phi) is 3.65. The van der Waals surface area contributed by atoms with Gasteiger partial charge in [-0.15, -0.1) is 5.10 Å². The normalized spacial score (nSPS) is 11.6. The molecule has 9 heteroatoms. The lowest BCUT2D eigenvalue weighted by Crippen LogP contribution is -2.09. The molecule has 0 unspecified atom stereocenters. The van der Waals surface area contributed by atoms with Crippen LogP contribution >= 0.6 is 15.9 Å². The van der Waals surface area contributed by atoms with Crippen LogP contribution in [0.25, 0.3) is 17.3 Å². The number of alkyl halides is 3. The highest BCUT2D eigenvalue weighted by Gasteiger charge is 2.37. The Morgan fingerprint density at radius 2 is 1.64 bits per heavy atom. The Bertz CT molecular complexity index is 784. The van der Waals surface area contributed by atoms with E-state index in [1.807, 2.05) is 0 Å². The third-order valence-corrected chi connectivity index (χ3v) is 3.23. The number of halogens is 4. The minimum Gasteiger partial charge on any atom is -0.220 e. The van der Waals surface area contributed by atoms with Crippen molar-refractivity contribution in [2.75, 3.05) is 0 Å². The van der Waals surface area contributed by atoms with Crippen LogP contribution in [0.2, 0.25) is 0 Å². The summed E-state index contributed by atoms with van der Waals surface area (Å²) in [5, 5.41) is 3.49. The Morgan fingerprint density at radius 1 is 1.00 bits per heavy atom. The van der Waals surface area contributed by atoms with Crippen molar-refractivity contribution >= 4 is 15.9 Å². The van der Waals surface area contributed by atoms with E-state index in [0.29, 0.717) is 5.56 Å². The number of benzene rings is 1. The fourth-order valence-electron chi connectivity index (χ4n) is 1.76. The molecule has 0 N–H and O–H groups in total. The molecule has 5 nitrogen and oxygen atoms in total. The first kappa shape index (κ1) is 14.6. The van der Waals surface area contributed by atoms with E-state index in [0.717, 1.165) is 9.15 Å². The summed E-state index contributed by atoms with van der Waals surface area (Å²) in [4.78, 5) is 11.4. The number of hydrogen-bond donors (Lipinski definition) is 0. The van der Waals surface area contributed by atoms with E-state index >= 15 is 0 Å². The lowest BCUT2D eigenvalue weighted by Gasteiger charge is -2.03. The molecule has 0 atom stereocenters. The van der Waals surface area contributed by atoms with Crippen molar-refractivity contribution in [2.24, 2.45) is 0 Å². The van der Waals surface area contributed by atoms with Gasteiger partial charge in [0.25, 0.3) is 11.8 Å². The second-order valence-corrected chi connectivity index (χ2v) is 5.14. The quantitative estimate of drug-likeness (QED) is 0.693. The molecule has 3 aromatic rings. The maximum Gasteiger partial charge on any atom is 0.453 e. The fourth-order valence-corrected chi connectivity index (χ4v) is 2.02. The number of aromatic nitrogens is 5. The van der Waals surface area contributed by atoms with Crippen LogP contribution in [-0.2, 0) is 6.18 Å². The summed E-state index contributed by atoms with van der Waals surface area (Å²) < 4.78 is 40.4. The van der Waals surface area contributed by atoms with Crippen molar-refractivity contribution in [1.29, 1.82) is 0 Å². The van der Waals surface area contributed by atoms with Gasteiger partial charge in [0, 0.05) is 22.4 Å². The second kappa shape index (κ2) is 5.48. The molecule has 0 amide bonds. The smallest absolute Gasteiger partial charge is 0.220 e. The number of nitrogens with zero attached hydrogens (tertiary/aromatic N) is 5. The highest BCUT2D eigenvalue weighted by molar-refractivity contribution is 9.10. The molecule has 22 heavy (non-hydrogen) atoms.